The molecule has 0 heterocycles. The molecule has 0 spiro atoms. The molecule has 0 saturated carbocycles. The summed E-state index contributed by atoms with van der Waals surface area (Å²) in [5.74, 6) is 0. The highest BCUT2D eigenvalue weighted by atomic mass is 35.5. The number of hydrogen-bond acceptors (Lipinski definition) is 0. The molecular formula is C24H17Cl. The van der Waals surface area contributed by atoms with Gasteiger partial charge in [0.25, 0.3) is 0 Å². The SMILES string of the molecule is Clc1cc(-c2ccccc2)cc(-c2ccc(-c3ccccc3)cc2)c1. The van der Waals surface area contributed by atoms with E-state index in [1.165, 1.54) is 22.3 Å². The van der Waals surface area contributed by atoms with E-state index in [0.717, 1.165) is 16.1 Å². The van der Waals surface area contributed by atoms with E-state index in [2.05, 4.69) is 66.7 Å². The van der Waals surface area contributed by atoms with E-state index < -0.39 is 0 Å². The fraction of sp³-hybridized carbons (Fsp3) is 0. The Kier molecular flexibility index (Phi) is 4.37. The van der Waals surface area contributed by atoms with Crippen molar-refractivity contribution in [2.45, 2.75) is 0 Å². The van der Waals surface area contributed by atoms with Crippen molar-refractivity contribution < 1.29 is 0 Å². The maximum atomic E-state index is 6.38. The fourth-order valence-electron chi connectivity index (χ4n) is 3.04. The summed E-state index contributed by atoms with van der Waals surface area (Å²) >= 11 is 6.38. The molecule has 0 aliphatic heterocycles. The van der Waals surface area contributed by atoms with Gasteiger partial charge in [-0.05, 0) is 51.6 Å². The monoisotopic (exact) mass is 340 g/mol. The summed E-state index contributed by atoms with van der Waals surface area (Å²) in [6.45, 7) is 0. The number of halogens is 1. The van der Waals surface area contributed by atoms with Gasteiger partial charge in [0.1, 0.15) is 0 Å². The Hall–Kier alpha value is -2.83. The molecule has 0 aliphatic rings. The van der Waals surface area contributed by atoms with Crippen LogP contribution in [0, 0.1) is 0 Å². The molecule has 1 heteroatoms. The molecule has 0 aromatic heterocycles. The van der Waals surface area contributed by atoms with Crippen LogP contribution in [0.2, 0.25) is 5.02 Å². The standard InChI is InChI=1S/C24H17Cl/c25-24-16-22(19-9-5-2-6-10-19)15-23(17-24)21-13-11-20(12-14-21)18-7-3-1-4-8-18/h1-17H. The van der Waals surface area contributed by atoms with E-state index in [-0.39, 0.29) is 0 Å². The van der Waals surface area contributed by atoms with Crippen molar-refractivity contribution in [2.75, 3.05) is 0 Å². The normalized spacial score (nSPS) is 10.6. The molecule has 0 radical (unpaired) electrons. The van der Waals surface area contributed by atoms with E-state index in [1.807, 2.05) is 36.4 Å². The van der Waals surface area contributed by atoms with Gasteiger partial charge in [0, 0.05) is 5.02 Å². The van der Waals surface area contributed by atoms with E-state index in [1.54, 1.807) is 0 Å². The minimum Gasteiger partial charge on any atom is -0.0843 e. The molecule has 4 aromatic carbocycles. The second-order valence-electron chi connectivity index (χ2n) is 6.04. The average Bonchev–Trinajstić information content (AvgIpc) is 2.69. The Balaban J connectivity index is 1.71. The van der Waals surface area contributed by atoms with Crippen LogP contribution in [0.3, 0.4) is 0 Å². The summed E-state index contributed by atoms with van der Waals surface area (Å²) in [7, 11) is 0. The zero-order valence-corrected chi connectivity index (χ0v) is 14.4. The van der Waals surface area contributed by atoms with Gasteiger partial charge in [-0.25, -0.2) is 0 Å². The van der Waals surface area contributed by atoms with Gasteiger partial charge in [0.2, 0.25) is 0 Å². The van der Waals surface area contributed by atoms with Gasteiger partial charge in [-0.2, -0.15) is 0 Å². The number of hydrogen-bond donors (Lipinski definition) is 0. The molecule has 0 atom stereocenters. The first-order valence-corrected chi connectivity index (χ1v) is 8.69. The lowest BCUT2D eigenvalue weighted by molar-refractivity contribution is 1.57. The third-order valence-electron chi connectivity index (χ3n) is 4.33. The van der Waals surface area contributed by atoms with Crippen LogP contribution in [0.5, 0.6) is 0 Å². The first-order valence-electron chi connectivity index (χ1n) is 8.31. The van der Waals surface area contributed by atoms with Crippen LogP contribution in [-0.2, 0) is 0 Å². The summed E-state index contributed by atoms with van der Waals surface area (Å²) in [5, 5.41) is 0.753. The van der Waals surface area contributed by atoms with Crippen molar-refractivity contribution in [1.29, 1.82) is 0 Å². The molecule has 25 heavy (non-hydrogen) atoms. The quantitative estimate of drug-likeness (QED) is 0.366. The highest BCUT2D eigenvalue weighted by Crippen LogP contribution is 2.31. The van der Waals surface area contributed by atoms with Crippen LogP contribution in [0.4, 0.5) is 0 Å². The molecule has 0 aliphatic carbocycles. The highest BCUT2D eigenvalue weighted by Gasteiger charge is 2.05. The van der Waals surface area contributed by atoms with Crippen molar-refractivity contribution >= 4 is 11.6 Å². The molecule has 4 aromatic rings. The Morgan fingerprint density at radius 3 is 1.20 bits per heavy atom. The van der Waals surface area contributed by atoms with Crippen molar-refractivity contribution in [2.24, 2.45) is 0 Å². The lowest BCUT2D eigenvalue weighted by Gasteiger charge is -2.09. The third kappa shape index (κ3) is 3.50. The third-order valence-corrected chi connectivity index (χ3v) is 4.55. The molecule has 0 unspecified atom stereocenters. The summed E-state index contributed by atoms with van der Waals surface area (Å²) < 4.78 is 0. The first-order chi connectivity index (χ1) is 12.3. The van der Waals surface area contributed by atoms with Crippen molar-refractivity contribution in [3.05, 3.63) is 108 Å². The maximum Gasteiger partial charge on any atom is 0.0418 e. The topological polar surface area (TPSA) is 0 Å². The Morgan fingerprint density at radius 1 is 0.360 bits per heavy atom. The minimum atomic E-state index is 0.753. The Bertz CT molecular complexity index is 971. The van der Waals surface area contributed by atoms with Gasteiger partial charge >= 0.3 is 0 Å². The summed E-state index contributed by atoms with van der Waals surface area (Å²) in [4.78, 5) is 0. The van der Waals surface area contributed by atoms with Crippen LogP contribution < -0.4 is 0 Å². The lowest BCUT2D eigenvalue weighted by atomic mass is 9.97. The van der Waals surface area contributed by atoms with Crippen molar-refractivity contribution in [3.63, 3.8) is 0 Å². The van der Waals surface area contributed by atoms with Crippen LogP contribution in [-0.4, -0.2) is 0 Å². The number of rotatable bonds is 3. The molecule has 0 amide bonds. The predicted molar refractivity (Wildman–Crippen MR) is 108 cm³/mol. The Labute approximate surface area is 153 Å². The van der Waals surface area contributed by atoms with Gasteiger partial charge in [0.15, 0.2) is 0 Å². The summed E-state index contributed by atoms with van der Waals surface area (Å²) in [6, 6.07) is 35.6. The fourth-order valence-corrected chi connectivity index (χ4v) is 3.27. The zero-order chi connectivity index (χ0) is 17.1. The van der Waals surface area contributed by atoms with Crippen molar-refractivity contribution in [1.82, 2.24) is 0 Å². The second kappa shape index (κ2) is 6.96. The largest absolute Gasteiger partial charge is 0.0843 e. The van der Waals surface area contributed by atoms with Gasteiger partial charge in [0.05, 0.1) is 0 Å². The zero-order valence-electron chi connectivity index (χ0n) is 13.7. The first kappa shape index (κ1) is 15.7. The van der Waals surface area contributed by atoms with Gasteiger partial charge < -0.3 is 0 Å². The predicted octanol–water partition coefficient (Wildman–Crippen LogP) is 7.34. The van der Waals surface area contributed by atoms with Crippen molar-refractivity contribution in [3.8, 4) is 33.4 Å². The molecule has 0 bridgehead atoms. The second-order valence-corrected chi connectivity index (χ2v) is 6.47. The van der Waals surface area contributed by atoms with Crippen LogP contribution >= 0.6 is 11.6 Å². The van der Waals surface area contributed by atoms with E-state index >= 15 is 0 Å². The molecule has 0 N–H and O–H groups in total. The van der Waals surface area contributed by atoms with Gasteiger partial charge in [-0.15, -0.1) is 0 Å². The van der Waals surface area contributed by atoms with E-state index in [4.69, 9.17) is 11.6 Å². The van der Waals surface area contributed by atoms with E-state index in [9.17, 15) is 0 Å². The van der Waals surface area contributed by atoms with E-state index in [0.29, 0.717) is 0 Å². The number of benzene rings is 4. The molecule has 0 saturated heterocycles. The van der Waals surface area contributed by atoms with Crippen LogP contribution in [0.1, 0.15) is 0 Å². The molecule has 0 fully saturated rings. The highest BCUT2D eigenvalue weighted by molar-refractivity contribution is 6.31. The van der Waals surface area contributed by atoms with Crippen LogP contribution in [0.15, 0.2) is 103 Å². The molecule has 120 valence electrons. The molecule has 0 nitrogen and oxygen atoms in total. The van der Waals surface area contributed by atoms with Gasteiger partial charge in [-0.3, -0.25) is 0 Å². The summed E-state index contributed by atoms with van der Waals surface area (Å²) in [6.07, 6.45) is 0. The average molecular weight is 341 g/mol. The lowest BCUT2D eigenvalue weighted by Crippen LogP contribution is -1.83. The summed E-state index contributed by atoms with van der Waals surface area (Å²) in [5.41, 5.74) is 7.05. The Morgan fingerprint density at radius 2 is 0.720 bits per heavy atom. The smallest absolute Gasteiger partial charge is 0.0418 e. The molecular weight excluding hydrogens is 324 g/mol. The maximum absolute atomic E-state index is 6.38. The molecule has 4 rings (SSSR count). The van der Waals surface area contributed by atoms with Gasteiger partial charge in [-0.1, -0.05) is 96.5 Å². The van der Waals surface area contributed by atoms with Crippen LogP contribution in [0.25, 0.3) is 33.4 Å². The minimum absolute atomic E-state index is 0.753.